The van der Waals surface area contributed by atoms with Gasteiger partial charge in [0.15, 0.2) is 0 Å². The van der Waals surface area contributed by atoms with Crippen LogP contribution in [0, 0.1) is 0 Å². The molecule has 0 radical (unpaired) electrons. The van der Waals surface area contributed by atoms with Crippen molar-refractivity contribution in [2.75, 3.05) is 16.8 Å². The van der Waals surface area contributed by atoms with Crippen LogP contribution in [0.4, 0.5) is 16.5 Å². The third-order valence-electron chi connectivity index (χ3n) is 3.05. The molecule has 0 saturated heterocycles. The Kier molecular flexibility index (Phi) is 4.13. The number of nitrogen functional groups attached to an aromatic ring is 2. The molecule has 2 heterocycles. The Balaban J connectivity index is 2.36. The second-order valence-electron chi connectivity index (χ2n) is 4.56. The van der Waals surface area contributed by atoms with Crippen molar-refractivity contribution in [3.05, 3.63) is 40.5 Å². The maximum atomic E-state index is 12.3. The predicted octanol–water partition coefficient (Wildman–Crippen LogP) is 2.27. The van der Waals surface area contributed by atoms with Gasteiger partial charge in [0.2, 0.25) is 0 Å². The first-order valence-corrected chi connectivity index (χ1v) is 7.07. The average Bonchev–Trinajstić information content (AvgIpc) is 2.74. The van der Waals surface area contributed by atoms with Crippen molar-refractivity contribution >= 4 is 39.3 Å². The van der Waals surface area contributed by atoms with Crippen molar-refractivity contribution in [2.24, 2.45) is 5.73 Å². The van der Waals surface area contributed by atoms with Gasteiger partial charge < -0.3 is 22.5 Å². The Morgan fingerprint density at radius 2 is 2.00 bits per heavy atom. The van der Waals surface area contributed by atoms with Gasteiger partial charge in [0.1, 0.15) is 10.7 Å². The monoisotopic (exact) mass is 303 g/mol. The summed E-state index contributed by atoms with van der Waals surface area (Å²) in [6, 6.07) is 5.25. The van der Waals surface area contributed by atoms with E-state index in [-0.39, 0.29) is 5.91 Å². The summed E-state index contributed by atoms with van der Waals surface area (Å²) in [7, 11) is 0. The number of nitrogens with one attached hydrogen (secondary N) is 1. The van der Waals surface area contributed by atoms with Crippen LogP contribution in [0.15, 0.2) is 30.1 Å². The molecule has 2 rings (SSSR count). The number of carbonyl (C=O) groups excluding carboxylic acids is 1. The molecule has 0 fully saturated rings. The second-order valence-corrected chi connectivity index (χ2v) is 5.61. The highest BCUT2D eigenvalue weighted by molar-refractivity contribution is 7.18. The maximum Gasteiger partial charge on any atom is 0.269 e. The molecule has 0 aliphatic rings. The largest absolute Gasteiger partial charge is 0.402 e. The number of amides is 1. The third kappa shape index (κ3) is 2.97. The highest BCUT2D eigenvalue weighted by atomic mass is 32.1. The van der Waals surface area contributed by atoms with Gasteiger partial charge in [-0.3, -0.25) is 4.79 Å². The summed E-state index contributed by atoms with van der Waals surface area (Å²) in [5, 5.41) is 3.16. The molecular formula is C14H17N5OS. The summed E-state index contributed by atoms with van der Waals surface area (Å²) in [6.45, 7) is 3.59. The van der Waals surface area contributed by atoms with E-state index in [1.54, 1.807) is 31.3 Å². The standard InChI is InChI=1S/C14H17N5OS/c1-7(8(2)15)10-11(16)12(21-13(10)17)14(20)19-9-5-3-4-6-18-9/h3-6H,15-17H2,1-2H3,(H,18,19,20)/b8-7-. The van der Waals surface area contributed by atoms with Crippen molar-refractivity contribution in [1.29, 1.82) is 0 Å². The predicted molar refractivity (Wildman–Crippen MR) is 87.8 cm³/mol. The van der Waals surface area contributed by atoms with E-state index in [1.807, 2.05) is 6.92 Å². The lowest BCUT2D eigenvalue weighted by Gasteiger charge is -2.06. The van der Waals surface area contributed by atoms with Crippen LogP contribution in [0.5, 0.6) is 0 Å². The van der Waals surface area contributed by atoms with E-state index in [2.05, 4.69) is 10.3 Å². The molecule has 0 bridgehead atoms. The molecule has 6 nitrogen and oxygen atoms in total. The van der Waals surface area contributed by atoms with Crippen LogP contribution < -0.4 is 22.5 Å². The summed E-state index contributed by atoms with van der Waals surface area (Å²) in [5.41, 5.74) is 20.2. The van der Waals surface area contributed by atoms with Crippen molar-refractivity contribution < 1.29 is 4.79 Å². The van der Waals surface area contributed by atoms with Crippen LogP contribution in [0.3, 0.4) is 0 Å². The molecule has 0 saturated carbocycles. The van der Waals surface area contributed by atoms with Crippen LogP contribution >= 0.6 is 11.3 Å². The second kappa shape index (κ2) is 5.84. The average molecular weight is 303 g/mol. The quantitative estimate of drug-likeness (QED) is 0.693. The van der Waals surface area contributed by atoms with E-state index in [1.165, 1.54) is 0 Å². The van der Waals surface area contributed by atoms with Gasteiger partial charge in [-0.05, 0) is 31.6 Å². The molecule has 0 aliphatic carbocycles. The fourth-order valence-electron chi connectivity index (χ4n) is 1.82. The zero-order chi connectivity index (χ0) is 15.6. The topological polar surface area (TPSA) is 120 Å². The number of pyridine rings is 1. The molecule has 21 heavy (non-hydrogen) atoms. The first kappa shape index (κ1) is 14.9. The molecule has 2 aromatic rings. The van der Waals surface area contributed by atoms with E-state index in [0.717, 1.165) is 16.9 Å². The Bertz CT molecular complexity index is 702. The molecule has 0 aliphatic heterocycles. The lowest BCUT2D eigenvalue weighted by molar-refractivity contribution is 0.103. The van der Waals surface area contributed by atoms with Gasteiger partial charge in [-0.1, -0.05) is 6.07 Å². The molecular weight excluding hydrogens is 286 g/mol. The number of nitrogens with two attached hydrogens (primary N) is 3. The SMILES string of the molecule is C/C(N)=C(\C)c1c(N)sc(C(=O)Nc2ccccn2)c1N. The molecule has 0 aromatic carbocycles. The molecule has 0 spiro atoms. The highest BCUT2D eigenvalue weighted by Crippen LogP contribution is 2.38. The number of thiophene rings is 1. The summed E-state index contributed by atoms with van der Waals surface area (Å²) in [5.74, 6) is 0.120. The van der Waals surface area contributed by atoms with Crippen molar-refractivity contribution in [1.82, 2.24) is 4.98 Å². The van der Waals surface area contributed by atoms with E-state index in [0.29, 0.717) is 32.6 Å². The normalized spacial score (nSPS) is 11.9. The van der Waals surface area contributed by atoms with Crippen LogP contribution in [0.25, 0.3) is 5.57 Å². The number of hydrogen-bond acceptors (Lipinski definition) is 6. The summed E-state index contributed by atoms with van der Waals surface area (Å²) >= 11 is 1.14. The van der Waals surface area contributed by atoms with Crippen LogP contribution in [0.2, 0.25) is 0 Å². The fourth-order valence-corrected chi connectivity index (χ4v) is 2.77. The molecule has 0 unspecified atom stereocenters. The van der Waals surface area contributed by atoms with E-state index < -0.39 is 0 Å². The number of nitrogens with zero attached hydrogens (tertiary/aromatic N) is 1. The zero-order valence-corrected chi connectivity index (χ0v) is 12.6. The molecule has 2 aromatic heterocycles. The smallest absolute Gasteiger partial charge is 0.269 e. The Labute approximate surface area is 126 Å². The Morgan fingerprint density at radius 1 is 1.29 bits per heavy atom. The minimum atomic E-state index is -0.336. The van der Waals surface area contributed by atoms with Crippen molar-refractivity contribution in [2.45, 2.75) is 13.8 Å². The van der Waals surface area contributed by atoms with Gasteiger partial charge in [0.25, 0.3) is 5.91 Å². The summed E-state index contributed by atoms with van der Waals surface area (Å²) < 4.78 is 0. The van der Waals surface area contributed by atoms with Crippen molar-refractivity contribution in [3.8, 4) is 0 Å². The lowest BCUT2D eigenvalue weighted by atomic mass is 10.1. The van der Waals surface area contributed by atoms with Crippen molar-refractivity contribution in [3.63, 3.8) is 0 Å². The van der Waals surface area contributed by atoms with Gasteiger partial charge in [-0.2, -0.15) is 0 Å². The third-order valence-corrected chi connectivity index (χ3v) is 4.09. The summed E-state index contributed by atoms with van der Waals surface area (Å²) in [6.07, 6.45) is 1.60. The Hall–Kier alpha value is -2.54. The van der Waals surface area contributed by atoms with Gasteiger partial charge in [0.05, 0.1) is 10.7 Å². The number of carbonyl (C=O) groups is 1. The highest BCUT2D eigenvalue weighted by Gasteiger charge is 2.21. The summed E-state index contributed by atoms with van der Waals surface area (Å²) in [4.78, 5) is 16.7. The zero-order valence-electron chi connectivity index (χ0n) is 11.8. The first-order valence-electron chi connectivity index (χ1n) is 6.25. The fraction of sp³-hybridized carbons (Fsp3) is 0.143. The minimum absolute atomic E-state index is 0.336. The maximum absolute atomic E-state index is 12.3. The van der Waals surface area contributed by atoms with Crippen LogP contribution in [0.1, 0.15) is 29.1 Å². The first-order chi connectivity index (χ1) is 9.91. The molecule has 1 amide bonds. The molecule has 7 heteroatoms. The lowest BCUT2D eigenvalue weighted by Crippen LogP contribution is -2.13. The number of aromatic nitrogens is 1. The number of allylic oxidation sites excluding steroid dienone is 2. The van der Waals surface area contributed by atoms with Gasteiger partial charge in [-0.25, -0.2) is 4.98 Å². The van der Waals surface area contributed by atoms with E-state index in [4.69, 9.17) is 17.2 Å². The van der Waals surface area contributed by atoms with E-state index >= 15 is 0 Å². The van der Waals surface area contributed by atoms with Gasteiger partial charge in [0, 0.05) is 17.5 Å². The van der Waals surface area contributed by atoms with Gasteiger partial charge >= 0.3 is 0 Å². The molecule has 7 N–H and O–H groups in total. The van der Waals surface area contributed by atoms with Crippen LogP contribution in [-0.2, 0) is 0 Å². The molecule has 110 valence electrons. The Morgan fingerprint density at radius 3 is 2.57 bits per heavy atom. The number of hydrogen-bond donors (Lipinski definition) is 4. The number of anilines is 3. The van der Waals surface area contributed by atoms with E-state index in [9.17, 15) is 4.79 Å². The molecule has 0 atom stereocenters. The van der Waals surface area contributed by atoms with Crippen LogP contribution in [-0.4, -0.2) is 10.9 Å². The van der Waals surface area contributed by atoms with Gasteiger partial charge in [-0.15, -0.1) is 11.3 Å². The number of rotatable bonds is 3. The minimum Gasteiger partial charge on any atom is -0.402 e.